The van der Waals surface area contributed by atoms with Crippen LogP contribution in [0.2, 0.25) is 0 Å². The molecule has 1 N–H and O–H groups in total. The van der Waals surface area contributed by atoms with Crippen molar-refractivity contribution >= 4 is 23.4 Å². The Hall–Kier alpha value is -2.81. The summed E-state index contributed by atoms with van der Waals surface area (Å²) < 4.78 is 17.3. The lowest BCUT2D eigenvalue weighted by atomic mass is 10.2. The molecule has 28 heavy (non-hydrogen) atoms. The zero-order chi connectivity index (χ0) is 21.1. The Morgan fingerprint density at radius 2 is 1.89 bits per heavy atom. The van der Waals surface area contributed by atoms with Crippen molar-refractivity contribution < 1.29 is 28.9 Å². The van der Waals surface area contributed by atoms with E-state index in [0.717, 1.165) is 11.3 Å². The summed E-state index contributed by atoms with van der Waals surface area (Å²) in [5, 5.41) is 9.64. The Kier molecular flexibility index (Phi) is 6.50. The van der Waals surface area contributed by atoms with Crippen LogP contribution >= 0.6 is 11.3 Å². The van der Waals surface area contributed by atoms with E-state index in [4.69, 9.17) is 14.2 Å². The maximum atomic E-state index is 12.1. The van der Waals surface area contributed by atoms with E-state index >= 15 is 0 Å². The largest absolute Gasteiger partial charge is 0.497 e. The van der Waals surface area contributed by atoms with Crippen LogP contribution in [0.4, 0.5) is 4.79 Å². The van der Waals surface area contributed by atoms with Crippen molar-refractivity contribution in [3.05, 3.63) is 39.1 Å². The number of carboxylic acid groups (broad SMARTS) is 1. The highest BCUT2D eigenvalue weighted by atomic mass is 32.1. The molecule has 0 saturated heterocycles. The van der Waals surface area contributed by atoms with E-state index in [2.05, 4.69) is 4.99 Å². The van der Waals surface area contributed by atoms with Crippen LogP contribution in [-0.2, 0) is 11.3 Å². The number of nitrogens with zero attached hydrogens (tertiary/aromatic N) is 2. The van der Waals surface area contributed by atoms with E-state index in [1.54, 1.807) is 53.0 Å². The third-order valence-corrected chi connectivity index (χ3v) is 4.68. The number of amides is 1. The summed E-state index contributed by atoms with van der Waals surface area (Å²) in [4.78, 5) is 28.7. The molecule has 2 rings (SSSR count). The van der Waals surface area contributed by atoms with Gasteiger partial charge in [-0.1, -0.05) is 0 Å². The number of carbonyl (C=O) groups excluding carboxylic acids is 1. The number of carbonyl (C=O) groups is 2. The van der Waals surface area contributed by atoms with Gasteiger partial charge in [0.15, 0.2) is 4.80 Å². The van der Waals surface area contributed by atoms with Crippen LogP contribution in [0, 0.1) is 6.92 Å². The Morgan fingerprint density at radius 1 is 1.21 bits per heavy atom. The SMILES string of the molecule is COc1ccc(Cn2c(C(=O)O)c(C)sc2=NC(=O)OC(C)(C)C)c(OC)c1. The highest BCUT2D eigenvalue weighted by Gasteiger charge is 2.21. The van der Waals surface area contributed by atoms with Gasteiger partial charge in [-0.2, -0.15) is 0 Å². The molecule has 1 aromatic heterocycles. The molecule has 0 spiro atoms. The number of ether oxygens (including phenoxy) is 3. The second-order valence-electron chi connectivity index (χ2n) is 6.95. The lowest BCUT2D eigenvalue weighted by Crippen LogP contribution is -2.26. The predicted octanol–water partition coefficient (Wildman–Crippen LogP) is 3.46. The number of methoxy groups -OCH3 is 2. The molecule has 1 amide bonds. The number of hydrogen-bond acceptors (Lipinski definition) is 6. The molecular formula is C19H24N2O6S. The highest BCUT2D eigenvalue weighted by Crippen LogP contribution is 2.26. The van der Waals surface area contributed by atoms with E-state index in [9.17, 15) is 14.7 Å². The molecule has 1 heterocycles. The fraction of sp³-hybridized carbons (Fsp3) is 0.421. The topological polar surface area (TPSA) is 99.4 Å². The number of rotatable bonds is 5. The maximum Gasteiger partial charge on any atom is 0.436 e. The average Bonchev–Trinajstić information content (AvgIpc) is 2.88. The number of thiazole rings is 1. The van der Waals surface area contributed by atoms with Gasteiger partial charge in [0.25, 0.3) is 0 Å². The monoisotopic (exact) mass is 408 g/mol. The van der Waals surface area contributed by atoms with Crippen LogP contribution in [0.1, 0.15) is 41.7 Å². The first-order chi connectivity index (χ1) is 13.1. The third-order valence-electron chi connectivity index (χ3n) is 3.68. The molecular weight excluding hydrogens is 384 g/mol. The third kappa shape index (κ3) is 5.13. The molecule has 0 unspecified atom stereocenters. The standard InChI is InChI=1S/C19H24N2O6S/c1-11-15(16(22)23)21(17(28-11)20-18(24)27-19(2,3)4)10-12-7-8-13(25-5)9-14(12)26-6/h7-9H,10H2,1-6H3,(H,22,23). The lowest BCUT2D eigenvalue weighted by Gasteiger charge is -2.17. The van der Waals surface area contributed by atoms with Crippen molar-refractivity contribution in [3.8, 4) is 11.5 Å². The molecule has 8 nitrogen and oxygen atoms in total. The maximum absolute atomic E-state index is 12.1. The van der Waals surface area contributed by atoms with Crippen molar-refractivity contribution in [2.75, 3.05) is 14.2 Å². The van der Waals surface area contributed by atoms with Crippen molar-refractivity contribution in [1.29, 1.82) is 0 Å². The molecule has 1 aromatic carbocycles. The highest BCUT2D eigenvalue weighted by molar-refractivity contribution is 7.09. The summed E-state index contributed by atoms with van der Waals surface area (Å²) >= 11 is 1.11. The Balaban J connectivity index is 2.56. The Bertz CT molecular complexity index is 952. The zero-order valence-electron chi connectivity index (χ0n) is 16.7. The summed E-state index contributed by atoms with van der Waals surface area (Å²) in [6.07, 6.45) is -0.777. The van der Waals surface area contributed by atoms with Crippen molar-refractivity contribution in [3.63, 3.8) is 0 Å². The van der Waals surface area contributed by atoms with Gasteiger partial charge in [0.05, 0.1) is 20.8 Å². The first-order valence-electron chi connectivity index (χ1n) is 8.48. The summed E-state index contributed by atoms with van der Waals surface area (Å²) in [5.74, 6) is 0.0475. The number of carboxylic acids is 1. The number of benzene rings is 1. The van der Waals surface area contributed by atoms with E-state index < -0.39 is 17.7 Å². The number of aromatic nitrogens is 1. The predicted molar refractivity (Wildman–Crippen MR) is 104 cm³/mol. The van der Waals surface area contributed by atoms with E-state index in [0.29, 0.717) is 21.9 Å². The molecule has 0 saturated carbocycles. The van der Waals surface area contributed by atoms with Crippen LogP contribution in [0.15, 0.2) is 23.2 Å². The minimum atomic E-state index is -1.10. The van der Waals surface area contributed by atoms with Gasteiger partial charge in [0, 0.05) is 16.5 Å². The van der Waals surface area contributed by atoms with Crippen molar-refractivity contribution in [2.24, 2.45) is 4.99 Å². The quantitative estimate of drug-likeness (QED) is 0.813. The zero-order valence-corrected chi connectivity index (χ0v) is 17.5. The molecule has 0 atom stereocenters. The second-order valence-corrected chi connectivity index (χ2v) is 8.13. The van der Waals surface area contributed by atoms with Crippen molar-refractivity contribution in [2.45, 2.75) is 39.8 Å². The smallest absolute Gasteiger partial charge is 0.436 e. The number of hydrogen-bond donors (Lipinski definition) is 1. The van der Waals surface area contributed by atoms with Crippen LogP contribution < -0.4 is 14.3 Å². The van der Waals surface area contributed by atoms with Crippen molar-refractivity contribution in [1.82, 2.24) is 4.57 Å². The summed E-state index contributed by atoms with van der Waals surface area (Å²) in [5.41, 5.74) is 0.0754. The van der Waals surface area contributed by atoms with Crippen LogP contribution in [-0.4, -0.2) is 41.6 Å². The first kappa shape index (κ1) is 21.5. The normalized spacial score (nSPS) is 12.0. The van der Waals surface area contributed by atoms with Gasteiger partial charge in [0.1, 0.15) is 22.8 Å². The first-order valence-corrected chi connectivity index (χ1v) is 9.29. The van der Waals surface area contributed by atoms with Gasteiger partial charge in [-0.15, -0.1) is 16.3 Å². The van der Waals surface area contributed by atoms with E-state index in [-0.39, 0.29) is 17.0 Å². The molecule has 2 aromatic rings. The summed E-state index contributed by atoms with van der Waals surface area (Å²) in [7, 11) is 3.07. The van der Waals surface area contributed by atoms with Gasteiger partial charge in [0.2, 0.25) is 0 Å². The molecule has 9 heteroatoms. The van der Waals surface area contributed by atoms with Gasteiger partial charge >= 0.3 is 12.1 Å². The molecule has 0 aliphatic carbocycles. The fourth-order valence-electron chi connectivity index (χ4n) is 2.54. The minimum Gasteiger partial charge on any atom is -0.497 e. The van der Waals surface area contributed by atoms with E-state index in [1.807, 2.05) is 0 Å². The summed E-state index contributed by atoms with van der Waals surface area (Å²) in [6.45, 7) is 7.03. The molecule has 0 aliphatic rings. The molecule has 0 radical (unpaired) electrons. The minimum absolute atomic E-state index is 0.0604. The molecule has 152 valence electrons. The lowest BCUT2D eigenvalue weighted by molar-refractivity contribution is 0.0592. The van der Waals surface area contributed by atoms with E-state index in [1.165, 1.54) is 11.7 Å². The van der Waals surface area contributed by atoms with Gasteiger partial charge in [-0.3, -0.25) is 0 Å². The van der Waals surface area contributed by atoms with Gasteiger partial charge in [-0.05, 0) is 39.8 Å². The second kappa shape index (κ2) is 8.47. The van der Waals surface area contributed by atoms with Gasteiger partial charge in [-0.25, -0.2) is 9.59 Å². The van der Waals surface area contributed by atoms with Crippen LogP contribution in [0.5, 0.6) is 11.5 Å². The van der Waals surface area contributed by atoms with Crippen LogP contribution in [0.25, 0.3) is 0 Å². The molecule has 0 aliphatic heterocycles. The average molecular weight is 408 g/mol. The van der Waals surface area contributed by atoms with Crippen LogP contribution in [0.3, 0.4) is 0 Å². The Morgan fingerprint density at radius 3 is 2.43 bits per heavy atom. The Labute approximate surface area is 167 Å². The molecule has 0 bridgehead atoms. The fourth-order valence-corrected chi connectivity index (χ4v) is 3.49. The number of aryl methyl sites for hydroxylation is 1. The molecule has 0 fully saturated rings. The summed E-state index contributed by atoms with van der Waals surface area (Å²) in [6, 6.07) is 5.24. The van der Waals surface area contributed by atoms with Gasteiger partial charge < -0.3 is 23.9 Å². The number of aromatic carboxylic acids is 1.